The maximum absolute atomic E-state index is 8.69. The molecule has 0 bridgehead atoms. The van der Waals surface area contributed by atoms with Crippen LogP contribution < -0.4 is 0 Å². The van der Waals surface area contributed by atoms with Crippen LogP contribution in [0, 0.1) is 5.92 Å². The van der Waals surface area contributed by atoms with Crippen LogP contribution in [0.1, 0.15) is 45.4 Å². The average molecular weight is 199 g/mol. The van der Waals surface area contributed by atoms with E-state index >= 15 is 0 Å². The van der Waals surface area contributed by atoms with Crippen molar-refractivity contribution in [3.8, 4) is 0 Å². The third-order valence-corrected chi connectivity index (χ3v) is 3.29. The minimum atomic E-state index is 0.353. The second kappa shape index (κ2) is 7.24. The summed E-state index contributed by atoms with van der Waals surface area (Å²) in [5.41, 5.74) is 0. The molecule has 0 radical (unpaired) electrons. The first-order valence-corrected chi connectivity index (χ1v) is 6.20. The number of aliphatic hydroxyl groups is 1. The third-order valence-electron chi connectivity index (χ3n) is 3.29. The summed E-state index contributed by atoms with van der Waals surface area (Å²) in [6, 6.07) is 0. The van der Waals surface area contributed by atoms with Gasteiger partial charge in [-0.15, -0.1) is 0 Å². The molecule has 0 aromatic carbocycles. The summed E-state index contributed by atoms with van der Waals surface area (Å²) in [7, 11) is 0. The molecule has 1 aliphatic heterocycles. The van der Waals surface area contributed by atoms with Gasteiger partial charge in [-0.25, -0.2) is 0 Å². The summed E-state index contributed by atoms with van der Waals surface area (Å²) < 4.78 is 0. The maximum atomic E-state index is 8.69. The van der Waals surface area contributed by atoms with Crippen LogP contribution >= 0.6 is 0 Å². The molecule has 0 unspecified atom stereocenters. The summed E-state index contributed by atoms with van der Waals surface area (Å²) in [6.45, 7) is 6.41. The molecular formula is C12H25NO. The minimum Gasteiger partial charge on any atom is -0.396 e. The van der Waals surface area contributed by atoms with Crippen LogP contribution in [0.3, 0.4) is 0 Å². The zero-order valence-electron chi connectivity index (χ0n) is 9.54. The average Bonchev–Trinajstić information content (AvgIpc) is 2.21. The fraction of sp³-hybridized carbons (Fsp3) is 1.00. The Labute approximate surface area is 88.3 Å². The molecular weight excluding hydrogens is 174 g/mol. The quantitative estimate of drug-likeness (QED) is 0.663. The second-order valence-corrected chi connectivity index (χ2v) is 4.50. The van der Waals surface area contributed by atoms with Crippen LogP contribution in [0.15, 0.2) is 0 Å². The molecule has 2 nitrogen and oxygen atoms in total. The molecule has 0 spiro atoms. The molecule has 1 aliphatic rings. The Kier molecular flexibility index (Phi) is 6.20. The Balaban J connectivity index is 2.03. The SMILES string of the molecule is CCCC1CCN(CCCCO)CC1. The molecule has 1 saturated heterocycles. The van der Waals surface area contributed by atoms with E-state index in [1.54, 1.807) is 0 Å². The topological polar surface area (TPSA) is 23.5 Å². The lowest BCUT2D eigenvalue weighted by Gasteiger charge is -2.31. The summed E-state index contributed by atoms with van der Waals surface area (Å²) >= 11 is 0. The van der Waals surface area contributed by atoms with Gasteiger partial charge in [0.15, 0.2) is 0 Å². The lowest BCUT2D eigenvalue weighted by molar-refractivity contribution is 0.171. The van der Waals surface area contributed by atoms with Crippen molar-refractivity contribution in [1.29, 1.82) is 0 Å². The number of hydrogen-bond acceptors (Lipinski definition) is 2. The van der Waals surface area contributed by atoms with Crippen molar-refractivity contribution in [1.82, 2.24) is 4.90 Å². The highest BCUT2D eigenvalue weighted by atomic mass is 16.2. The molecule has 14 heavy (non-hydrogen) atoms. The molecule has 0 aromatic rings. The van der Waals surface area contributed by atoms with Gasteiger partial charge in [-0.05, 0) is 51.2 Å². The van der Waals surface area contributed by atoms with Gasteiger partial charge < -0.3 is 10.0 Å². The van der Waals surface area contributed by atoms with E-state index in [0.717, 1.165) is 18.8 Å². The van der Waals surface area contributed by atoms with E-state index in [2.05, 4.69) is 11.8 Å². The van der Waals surface area contributed by atoms with Gasteiger partial charge in [-0.1, -0.05) is 19.8 Å². The van der Waals surface area contributed by atoms with Gasteiger partial charge in [-0.2, -0.15) is 0 Å². The van der Waals surface area contributed by atoms with Gasteiger partial charge in [0.1, 0.15) is 0 Å². The molecule has 2 heteroatoms. The van der Waals surface area contributed by atoms with Crippen molar-refractivity contribution in [3.05, 3.63) is 0 Å². The molecule has 84 valence electrons. The Morgan fingerprint density at radius 2 is 1.93 bits per heavy atom. The van der Waals surface area contributed by atoms with Crippen molar-refractivity contribution in [2.45, 2.75) is 45.4 Å². The van der Waals surface area contributed by atoms with Gasteiger partial charge in [0.25, 0.3) is 0 Å². The number of nitrogens with zero attached hydrogens (tertiary/aromatic N) is 1. The van der Waals surface area contributed by atoms with Crippen molar-refractivity contribution in [2.75, 3.05) is 26.2 Å². The Bertz CT molecular complexity index is 130. The fourth-order valence-corrected chi connectivity index (χ4v) is 2.35. The van der Waals surface area contributed by atoms with Gasteiger partial charge in [0.2, 0.25) is 0 Å². The first-order chi connectivity index (χ1) is 6.86. The van der Waals surface area contributed by atoms with E-state index in [0.29, 0.717) is 6.61 Å². The van der Waals surface area contributed by atoms with Crippen LogP contribution in [-0.4, -0.2) is 36.2 Å². The Morgan fingerprint density at radius 1 is 1.21 bits per heavy atom. The third kappa shape index (κ3) is 4.43. The molecule has 1 heterocycles. The summed E-state index contributed by atoms with van der Waals surface area (Å²) in [4.78, 5) is 2.56. The first-order valence-electron chi connectivity index (χ1n) is 6.20. The van der Waals surface area contributed by atoms with Gasteiger partial charge in [0.05, 0.1) is 0 Å². The predicted molar refractivity (Wildman–Crippen MR) is 60.4 cm³/mol. The lowest BCUT2D eigenvalue weighted by Crippen LogP contribution is -2.34. The molecule has 0 aliphatic carbocycles. The van der Waals surface area contributed by atoms with Crippen molar-refractivity contribution >= 4 is 0 Å². The highest BCUT2D eigenvalue weighted by Gasteiger charge is 2.17. The van der Waals surface area contributed by atoms with Gasteiger partial charge >= 0.3 is 0 Å². The lowest BCUT2D eigenvalue weighted by atomic mass is 9.92. The highest BCUT2D eigenvalue weighted by molar-refractivity contribution is 4.71. The molecule has 1 fully saturated rings. The Morgan fingerprint density at radius 3 is 2.50 bits per heavy atom. The van der Waals surface area contributed by atoms with Crippen LogP contribution in [0.5, 0.6) is 0 Å². The standard InChI is InChI=1S/C12H25NO/c1-2-5-12-6-9-13(10-7-12)8-3-4-11-14/h12,14H,2-11H2,1H3. The smallest absolute Gasteiger partial charge is 0.0431 e. The van der Waals surface area contributed by atoms with E-state index in [4.69, 9.17) is 5.11 Å². The molecule has 0 amide bonds. The fourth-order valence-electron chi connectivity index (χ4n) is 2.35. The highest BCUT2D eigenvalue weighted by Crippen LogP contribution is 2.21. The molecule has 0 aromatic heterocycles. The zero-order valence-corrected chi connectivity index (χ0v) is 9.54. The maximum Gasteiger partial charge on any atom is 0.0431 e. The van der Waals surface area contributed by atoms with Crippen LogP contribution in [-0.2, 0) is 0 Å². The van der Waals surface area contributed by atoms with E-state index in [1.807, 2.05) is 0 Å². The largest absolute Gasteiger partial charge is 0.396 e. The van der Waals surface area contributed by atoms with Crippen LogP contribution in [0.4, 0.5) is 0 Å². The predicted octanol–water partition coefficient (Wildman–Crippen LogP) is 2.27. The molecule has 1 rings (SSSR count). The number of hydrogen-bond donors (Lipinski definition) is 1. The number of aliphatic hydroxyl groups excluding tert-OH is 1. The molecule has 1 N–H and O–H groups in total. The number of rotatable bonds is 6. The van der Waals surface area contributed by atoms with E-state index in [9.17, 15) is 0 Å². The van der Waals surface area contributed by atoms with E-state index < -0.39 is 0 Å². The molecule has 0 atom stereocenters. The van der Waals surface area contributed by atoms with Crippen molar-refractivity contribution in [2.24, 2.45) is 5.92 Å². The van der Waals surface area contributed by atoms with Gasteiger partial charge in [-0.3, -0.25) is 0 Å². The summed E-state index contributed by atoms with van der Waals surface area (Å²) in [6.07, 6.45) is 7.68. The minimum absolute atomic E-state index is 0.353. The van der Waals surface area contributed by atoms with Crippen LogP contribution in [0.2, 0.25) is 0 Å². The monoisotopic (exact) mass is 199 g/mol. The number of piperidine rings is 1. The van der Waals surface area contributed by atoms with E-state index in [-0.39, 0.29) is 0 Å². The van der Waals surface area contributed by atoms with Crippen molar-refractivity contribution < 1.29 is 5.11 Å². The number of likely N-dealkylation sites (tertiary alicyclic amines) is 1. The number of unbranched alkanes of at least 4 members (excludes halogenated alkanes) is 1. The van der Waals surface area contributed by atoms with Crippen molar-refractivity contribution in [3.63, 3.8) is 0 Å². The Hall–Kier alpha value is -0.0800. The van der Waals surface area contributed by atoms with Gasteiger partial charge in [0, 0.05) is 6.61 Å². The van der Waals surface area contributed by atoms with Crippen LogP contribution in [0.25, 0.3) is 0 Å². The van der Waals surface area contributed by atoms with E-state index in [1.165, 1.54) is 45.3 Å². The zero-order chi connectivity index (χ0) is 10.2. The summed E-state index contributed by atoms with van der Waals surface area (Å²) in [5.74, 6) is 0.995. The first kappa shape index (κ1) is 12.0. The normalized spacial score (nSPS) is 20.1. The second-order valence-electron chi connectivity index (χ2n) is 4.50. The summed E-state index contributed by atoms with van der Waals surface area (Å²) in [5, 5.41) is 8.69. The molecule has 0 saturated carbocycles.